The summed E-state index contributed by atoms with van der Waals surface area (Å²) < 4.78 is 0. The SMILES string of the molecule is C=C(c1cccc(C(C)O)c1)c1[nH]nc2nc(N3CCC4(CC3)Cc3ccccc3[C@H]4N)[nH]c(=O)c12. The van der Waals surface area contributed by atoms with Crippen LogP contribution in [0.1, 0.15) is 59.9 Å². The van der Waals surface area contributed by atoms with Crippen LogP contribution in [0.4, 0.5) is 5.95 Å². The maximum atomic E-state index is 13.2. The second kappa shape index (κ2) is 8.43. The van der Waals surface area contributed by atoms with Crippen LogP contribution in [0.2, 0.25) is 0 Å². The Labute approximate surface area is 208 Å². The highest BCUT2D eigenvalue weighted by atomic mass is 16.3. The zero-order valence-electron chi connectivity index (χ0n) is 20.3. The van der Waals surface area contributed by atoms with Crippen LogP contribution >= 0.6 is 0 Å². The van der Waals surface area contributed by atoms with Gasteiger partial charge in [0.1, 0.15) is 5.39 Å². The van der Waals surface area contributed by atoms with E-state index < -0.39 is 6.10 Å². The predicted octanol–water partition coefficient (Wildman–Crippen LogP) is 3.60. The zero-order chi connectivity index (χ0) is 25.0. The van der Waals surface area contributed by atoms with E-state index in [4.69, 9.17) is 10.7 Å². The first-order valence-electron chi connectivity index (χ1n) is 12.4. The van der Waals surface area contributed by atoms with Crippen LogP contribution in [0.5, 0.6) is 0 Å². The van der Waals surface area contributed by atoms with Crippen LogP contribution in [0.3, 0.4) is 0 Å². The molecule has 0 amide bonds. The van der Waals surface area contributed by atoms with E-state index in [-0.39, 0.29) is 17.0 Å². The van der Waals surface area contributed by atoms with Gasteiger partial charge in [0.25, 0.3) is 5.56 Å². The van der Waals surface area contributed by atoms with Crippen LogP contribution in [-0.4, -0.2) is 38.4 Å². The Hall–Kier alpha value is -3.75. The minimum Gasteiger partial charge on any atom is -0.389 e. The van der Waals surface area contributed by atoms with Crippen molar-refractivity contribution in [1.82, 2.24) is 20.2 Å². The lowest BCUT2D eigenvalue weighted by atomic mass is 9.73. The lowest BCUT2D eigenvalue weighted by Gasteiger charge is -2.42. The molecule has 6 rings (SSSR count). The summed E-state index contributed by atoms with van der Waals surface area (Å²) in [5.41, 5.74) is 12.2. The van der Waals surface area contributed by atoms with Crippen LogP contribution in [0.15, 0.2) is 59.9 Å². The van der Waals surface area contributed by atoms with Crippen molar-refractivity contribution in [1.29, 1.82) is 0 Å². The second-order valence-corrected chi connectivity index (χ2v) is 10.2. The van der Waals surface area contributed by atoms with Gasteiger partial charge in [-0.15, -0.1) is 0 Å². The predicted molar refractivity (Wildman–Crippen MR) is 141 cm³/mol. The van der Waals surface area contributed by atoms with Crippen LogP contribution < -0.4 is 16.2 Å². The van der Waals surface area contributed by atoms with E-state index in [1.165, 1.54) is 11.1 Å². The molecule has 8 nitrogen and oxygen atoms in total. The molecule has 1 aliphatic heterocycles. The largest absolute Gasteiger partial charge is 0.389 e. The molecule has 0 bridgehead atoms. The first-order valence-corrected chi connectivity index (χ1v) is 12.4. The summed E-state index contributed by atoms with van der Waals surface area (Å²) in [4.78, 5) is 23.0. The maximum absolute atomic E-state index is 13.2. The molecule has 1 unspecified atom stereocenters. The fraction of sp³-hybridized carbons (Fsp3) is 0.321. The molecular weight excluding hydrogens is 452 g/mol. The molecule has 184 valence electrons. The van der Waals surface area contributed by atoms with Gasteiger partial charge in [-0.25, -0.2) is 0 Å². The molecule has 8 heteroatoms. The first-order chi connectivity index (χ1) is 17.4. The Morgan fingerprint density at radius 2 is 2.00 bits per heavy atom. The van der Waals surface area contributed by atoms with E-state index in [0.717, 1.165) is 43.5 Å². The molecule has 0 saturated carbocycles. The number of nitrogens with two attached hydrogens (primary N) is 1. The minimum atomic E-state index is -0.597. The van der Waals surface area contributed by atoms with Crippen molar-refractivity contribution in [2.45, 2.75) is 38.3 Å². The van der Waals surface area contributed by atoms with Gasteiger partial charge >= 0.3 is 0 Å². The van der Waals surface area contributed by atoms with E-state index in [9.17, 15) is 9.90 Å². The van der Waals surface area contributed by atoms with Gasteiger partial charge in [0.2, 0.25) is 5.95 Å². The Morgan fingerprint density at radius 1 is 1.22 bits per heavy atom. The molecule has 5 N–H and O–H groups in total. The maximum Gasteiger partial charge on any atom is 0.264 e. The number of aliphatic hydroxyl groups excluding tert-OH is 1. The van der Waals surface area contributed by atoms with Gasteiger partial charge in [-0.1, -0.05) is 49.0 Å². The molecule has 36 heavy (non-hydrogen) atoms. The zero-order valence-corrected chi connectivity index (χ0v) is 20.3. The summed E-state index contributed by atoms with van der Waals surface area (Å²) in [7, 11) is 0. The molecule has 2 aromatic carbocycles. The first kappa shape index (κ1) is 22.7. The van der Waals surface area contributed by atoms with Crippen molar-refractivity contribution in [2.75, 3.05) is 18.0 Å². The normalized spacial score (nSPS) is 19.5. The summed E-state index contributed by atoms with van der Waals surface area (Å²) in [6.07, 6.45) is 2.28. The highest BCUT2D eigenvalue weighted by Gasteiger charge is 2.46. The summed E-state index contributed by atoms with van der Waals surface area (Å²) >= 11 is 0. The molecule has 1 aliphatic carbocycles. The van der Waals surface area contributed by atoms with E-state index in [0.29, 0.717) is 28.2 Å². The molecule has 2 atom stereocenters. The van der Waals surface area contributed by atoms with E-state index >= 15 is 0 Å². The third-order valence-corrected chi connectivity index (χ3v) is 8.08. The van der Waals surface area contributed by atoms with Gasteiger partial charge in [0, 0.05) is 24.7 Å². The standard InChI is InChI=1S/C28H30N6O2/c1-16(18-7-5-8-19(14-18)17(2)35)23-22-25(33-32-23)30-27(31-26(22)36)34-12-10-28(11-13-34)15-20-6-3-4-9-21(20)24(28)29/h3-9,14,17,24,35H,1,10-13,15,29H2,2H3,(H2,30,31,32,33,36)/t17?,24-/m1/s1. The Morgan fingerprint density at radius 3 is 2.75 bits per heavy atom. The van der Waals surface area contributed by atoms with Crippen LogP contribution in [0.25, 0.3) is 16.6 Å². The average Bonchev–Trinajstić information content (AvgIpc) is 3.44. The van der Waals surface area contributed by atoms with Crippen LogP contribution in [-0.2, 0) is 6.42 Å². The van der Waals surface area contributed by atoms with E-state index in [2.05, 4.69) is 50.9 Å². The number of H-pyrrole nitrogens is 2. The minimum absolute atomic E-state index is 0.0394. The quantitative estimate of drug-likeness (QED) is 0.352. The number of nitrogens with zero attached hydrogens (tertiary/aromatic N) is 3. The summed E-state index contributed by atoms with van der Waals surface area (Å²) in [5.74, 6) is 0.534. The fourth-order valence-electron chi connectivity index (χ4n) is 5.89. The van der Waals surface area contributed by atoms with Crippen molar-refractivity contribution in [2.24, 2.45) is 11.1 Å². The molecule has 0 radical (unpaired) electrons. The van der Waals surface area contributed by atoms with E-state index in [1.807, 2.05) is 24.3 Å². The molecule has 1 saturated heterocycles. The summed E-state index contributed by atoms with van der Waals surface area (Å²) in [6, 6.07) is 16.0. The number of aromatic amines is 2. The average molecular weight is 483 g/mol. The lowest BCUT2D eigenvalue weighted by molar-refractivity contribution is 0.187. The number of hydrogen-bond donors (Lipinski definition) is 4. The Kier molecular flexibility index (Phi) is 5.31. The van der Waals surface area contributed by atoms with Crippen LogP contribution in [0, 0.1) is 5.41 Å². The molecule has 2 aromatic heterocycles. The molecule has 4 aromatic rings. The number of piperidine rings is 1. The number of nitrogens with one attached hydrogen (secondary N) is 2. The van der Waals surface area contributed by atoms with Crippen molar-refractivity contribution < 1.29 is 5.11 Å². The molecule has 1 spiro atoms. The Balaban J connectivity index is 1.25. The van der Waals surface area contributed by atoms with Gasteiger partial charge in [-0.05, 0) is 59.9 Å². The molecule has 1 fully saturated rings. The lowest BCUT2D eigenvalue weighted by Crippen LogP contribution is -2.45. The monoisotopic (exact) mass is 482 g/mol. The topological polar surface area (TPSA) is 124 Å². The molecule has 2 aliphatic rings. The third-order valence-electron chi connectivity index (χ3n) is 8.08. The number of aliphatic hydroxyl groups is 1. The molecular formula is C28H30N6O2. The third kappa shape index (κ3) is 3.56. The van der Waals surface area contributed by atoms with Gasteiger partial charge < -0.3 is 15.7 Å². The highest BCUT2D eigenvalue weighted by Crippen LogP contribution is 2.50. The van der Waals surface area contributed by atoms with Gasteiger partial charge in [-0.3, -0.25) is 14.9 Å². The fourth-order valence-corrected chi connectivity index (χ4v) is 5.89. The summed E-state index contributed by atoms with van der Waals surface area (Å²) in [5, 5.41) is 17.6. The summed E-state index contributed by atoms with van der Waals surface area (Å²) in [6.45, 7) is 7.43. The number of anilines is 1. The van der Waals surface area contributed by atoms with Crippen molar-refractivity contribution in [3.05, 3.63) is 93.4 Å². The van der Waals surface area contributed by atoms with Crippen molar-refractivity contribution in [3.8, 4) is 0 Å². The number of hydrogen-bond acceptors (Lipinski definition) is 6. The smallest absolute Gasteiger partial charge is 0.264 e. The van der Waals surface area contributed by atoms with Crippen molar-refractivity contribution >= 4 is 22.6 Å². The number of benzene rings is 2. The molecule has 3 heterocycles. The van der Waals surface area contributed by atoms with Crippen molar-refractivity contribution in [3.63, 3.8) is 0 Å². The van der Waals surface area contributed by atoms with Gasteiger partial charge in [0.15, 0.2) is 5.65 Å². The number of fused-ring (bicyclic) bond motifs is 2. The Bertz CT molecular complexity index is 1530. The van der Waals surface area contributed by atoms with E-state index in [1.54, 1.807) is 6.92 Å². The highest BCUT2D eigenvalue weighted by molar-refractivity contribution is 5.92. The second-order valence-electron chi connectivity index (χ2n) is 10.2. The van der Waals surface area contributed by atoms with Gasteiger partial charge in [0.05, 0.1) is 11.8 Å². The number of aromatic nitrogens is 4. The van der Waals surface area contributed by atoms with Gasteiger partial charge in [-0.2, -0.15) is 10.1 Å². The number of rotatable bonds is 4.